The molecule has 2 fully saturated rings. The van der Waals surface area contributed by atoms with Gasteiger partial charge in [-0.25, -0.2) is 0 Å². The zero-order valence-electron chi connectivity index (χ0n) is 17.8. The molecule has 2 amide bonds. The van der Waals surface area contributed by atoms with Crippen LogP contribution in [0.2, 0.25) is 0 Å². The minimum atomic E-state index is -0.0241. The number of benzene rings is 2. The van der Waals surface area contributed by atoms with E-state index < -0.39 is 0 Å². The zero-order valence-corrected chi connectivity index (χ0v) is 17.8. The highest BCUT2D eigenvalue weighted by Crippen LogP contribution is 2.33. The summed E-state index contributed by atoms with van der Waals surface area (Å²) in [6.45, 7) is 6.40. The molecule has 2 aliphatic heterocycles. The average Bonchev–Trinajstić information content (AvgIpc) is 3.20. The average molecular weight is 407 g/mol. The van der Waals surface area contributed by atoms with Gasteiger partial charge in [-0.15, -0.1) is 0 Å². The Hall–Kier alpha value is -2.82. The van der Waals surface area contributed by atoms with Crippen molar-refractivity contribution in [3.63, 3.8) is 0 Å². The van der Waals surface area contributed by atoms with Gasteiger partial charge >= 0.3 is 0 Å². The van der Waals surface area contributed by atoms with E-state index in [1.54, 1.807) is 0 Å². The Labute approximate surface area is 178 Å². The van der Waals surface area contributed by atoms with E-state index >= 15 is 0 Å². The molecule has 4 rings (SSSR count). The topological polar surface area (TPSA) is 49.9 Å². The Balaban J connectivity index is 1.55. The lowest BCUT2D eigenvalue weighted by Crippen LogP contribution is -2.50. The molecule has 0 bridgehead atoms. The number of carbonyl (C=O) groups excluding carboxylic acids is 2. The number of likely N-dealkylation sites (tertiary alicyclic amines) is 2. The van der Waals surface area contributed by atoms with Gasteiger partial charge in [0.05, 0.1) is 5.56 Å². The van der Waals surface area contributed by atoms with Crippen LogP contribution in [0.1, 0.15) is 61.4 Å². The molecule has 1 unspecified atom stereocenters. The second-order valence-corrected chi connectivity index (χ2v) is 8.53. The smallest absolute Gasteiger partial charge is 0.257 e. The van der Waals surface area contributed by atoms with Gasteiger partial charge in [0.1, 0.15) is 11.5 Å². The first kappa shape index (κ1) is 20.5. The van der Waals surface area contributed by atoms with Crippen molar-refractivity contribution in [2.45, 2.75) is 51.5 Å². The Morgan fingerprint density at radius 3 is 2.47 bits per heavy atom. The van der Waals surface area contributed by atoms with Gasteiger partial charge in [0.2, 0.25) is 5.91 Å². The third kappa shape index (κ3) is 4.20. The van der Waals surface area contributed by atoms with Crippen molar-refractivity contribution in [1.82, 2.24) is 9.80 Å². The molecule has 2 aromatic rings. The van der Waals surface area contributed by atoms with Crippen molar-refractivity contribution in [2.75, 3.05) is 19.6 Å². The van der Waals surface area contributed by atoms with Crippen LogP contribution in [-0.4, -0.2) is 47.3 Å². The van der Waals surface area contributed by atoms with E-state index in [0.717, 1.165) is 37.1 Å². The molecule has 0 radical (unpaired) electrons. The number of rotatable bonds is 5. The summed E-state index contributed by atoms with van der Waals surface area (Å²) in [5, 5.41) is 0. The molecule has 0 saturated carbocycles. The number of amides is 2. The summed E-state index contributed by atoms with van der Waals surface area (Å²) in [5.74, 6) is 1.89. The fraction of sp³-hybridized carbons (Fsp3) is 0.440. The summed E-state index contributed by atoms with van der Waals surface area (Å²) in [6, 6.07) is 15.6. The molecule has 1 atom stereocenters. The summed E-state index contributed by atoms with van der Waals surface area (Å²) >= 11 is 0. The monoisotopic (exact) mass is 406 g/mol. The van der Waals surface area contributed by atoms with Crippen LogP contribution in [0.25, 0.3) is 0 Å². The van der Waals surface area contributed by atoms with Gasteiger partial charge < -0.3 is 14.5 Å². The molecule has 0 aliphatic carbocycles. The van der Waals surface area contributed by atoms with Crippen LogP contribution < -0.4 is 4.74 Å². The number of para-hydroxylation sites is 2. The van der Waals surface area contributed by atoms with E-state index in [1.807, 2.05) is 52.3 Å². The maximum atomic E-state index is 13.4. The van der Waals surface area contributed by atoms with Gasteiger partial charge in [0.15, 0.2) is 0 Å². The molecule has 0 spiro atoms. The number of carbonyl (C=O) groups is 2. The zero-order chi connectivity index (χ0) is 21.1. The molecule has 2 aliphatic rings. The maximum absolute atomic E-state index is 13.4. The van der Waals surface area contributed by atoms with Crippen molar-refractivity contribution in [2.24, 2.45) is 0 Å². The highest BCUT2D eigenvalue weighted by Gasteiger charge is 2.33. The van der Waals surface area contributed by atoms with Crippen molar-refractivity contribution in [3.05, 3.63) is 59.7 Å². The third-order valence-corrected chi connectivity index (χ3v) is 6.11. The second kappa shape index (κ2) is 8.90. The van der Waals surface area contributed by atoms with Crippen LogP contribution in [0.5, 0.6) is 11.5 Å². The van der Waals surface area contributed by atoms with E-state index in [2.05, 4.69) is 19.9 Å². The summed E-state index contributed by atoms with van der Waals surface area (Å²) in [4.78, 5) is 29.4. The molecule has 2 aromatic carbocycles. The lowest BCUT2D eigenvalue weighted by atomic mass is 10.0. The van der Waals surface area contributed by atoms with E-state index in [0.29, 0.717) is 36.7 Å². The summed E-state index contributed by atoms with van der Waals surface area (Å²) in [5.41, 5.74) is 1.69. The van der Waals surface area contributed by atoms with Gasteiger partial charge in [-0.05, 0) is 48.9 Å². The lowest BCUT2D eigenvalue weighted by Gasteiger charge is -2.37. The SMILES string of the molecule is CC(C)c1ccccc1Oc1ccccc1C(=O)N1CCCC(N2CCCC2=O)C1. The molecule has 158 valence electrons. The summed E-state index contributed by atoms with van der Waals surface area (Å²) in [7, 11) is 0. The van der Waals surface area contributed by atoms with Crippen LogP contribution in [0.4, 0.5) is 0 Å². The van der Waals surface area contributed by atoms with Crippen molar-refractivity contribution in [1.29, 1.82) is 0 Å². The minimum Gasteiger partial charge on any atom is -0.456 e. The maximum Gasteiger partial charge on any atom is 0.257 e. The Kier molecular flexibility index (Phi) is 6.07. The van der Waals surface area contributed by atoms with Crippen LogP contribution in [-0.2, 0) is 4.79 Å². The van der Waals surface area contributed by atoms with Crippen LogP contribution in [0, 0.1) is 0 Å². The van der Waals surface area contributed by atoms with Gasteiger partial charge in [-0.1, -0.05) is 44.2 Å². The van der Waals surface area contributed by atoms with Gasteiger partial charge in [-0.2, -0.15) is 0 Å². The fourth-order valence-electron chi connectivity index (χ4n) is 4.52. The number of hydrogen-bond donors (Lipinski definition) is 0. The predicted octanol–water partition coefficient (Wildman–Crippen LogP) is 4.83. The van der Waals surface area contributed by atoms with Crippen LogP contribution >= 0.6 is 0 Å². The Morgan fingerprint density at radius 2 is 1.73 bits per heavy atom. The predicted molar refractivity (Wildman–Crippen MR) is 117 cm³/mol. The normalized spacial score (nSPS) is 19.4. The summed E-state index contributed by atoms with van der Waals surface area (Å²) in [6.07, 6.45) is 3.44. The number of ether oxygens (including phenoxy) is 1. The number of piperidine rings is 1. The number of nitrogens with zero attached hydrogens (tertiary/aromatic N) is 2. The highest BCUT2D eigenvalue weighted by atomic mass is 16.5. The largest absolute Gasteiger partial charge is 0.456 e. The van der Waals surface area contributed by atoms with Crippen molar-refractivity contribution >= 4 is 11.8 Å². The standard InChI is InChI=1S/C25H30N2O3/c1-18(2)20-10-3-5-12-22(20)30-23-13-6-4-11-21(23)25(29)26-15-7-9-19(17-26)27-16-8-14-24(27)28/h3-6,10-13,18-19H,7-9,14-17H2,1-2H3. The molecule has 0 N–H and O–H groups in total. The van der Waals surface area contributed by atoms with Gasteiger partial charge in [0.25, 0.3) is 5.91 Å². The molecule has 2 saturated heterocycles. The molecular formula is C25H30N2O3. The van der Waals surface area contributed by atoms with Crippen LogP contribution in [0.15, 0.2) is 48.5 Å². The fourth-order valence-corrected chi connectivity index (χ4v) is 4.52. The Bertz CT molecular complexity index is 924. The van der Waals surface area contributed by atoms with E-state index in [1.165, 1.54) is 0 Å². The van der Waals surface area contributed by atoms with Crippen molar-refractivity contribution in [3.8, 4) is 11.5 Å². The van der Waals surface area contributed by atoms with E-state index in [4.69, 9.17) is 4.74 Å². The second-order valence-electron chi connectivity index (χ2n) is 8.53. The molecule has 0 aromatic heterocycles. The highest BCUT2D eigenvalue weighted by molar-refractivity contribution is 5.97. The molecular weight excluding hydrogens is 376 g/mol. The first-order valence-corrected chi connectivity index (χ1v) is 11.0. The number of hydrogen-bond acceptors (Lipinski definition) is 3. The molecule has 30 heavy (non-hydrogen) atoms. The first-order valence-electron chi connectivity index (χ1n) is 11.0. The van der Waals surface area contributed by atoms with E-state index in [-0.39, 0.29) is 17.9 Å². The van der Waals surface area contributed by atoms with E-state index in [9.17, 15) is 9.59 Å². The minimum absolute atomic E-state index is 0.0241. The van der Waals surface area contributed by atoms with Crippen molar-refractivity contribution < 1.29 is 14.3 Å². The quantitative estimate of drug-likeness (QED) is 0.715. The Morgan fingerprint density at radius 1 is 1.00 bits per heavy atom. The summed E-state index contributed by atoms with van der Waals surface area (Å²) < 4.78 is 6.25. The van der Waals surface area contributed by atoms with Crippen LogP contribution in [0.3, 0.4) is 0 Å². The molecule has 2 heterocycles. The lowest BCUT2D eigenvalue weighted by molar-refractivity contribution is -0.130. The molecule has 5 nitrogen and oxygen atoms in total. The molecule has 5 heteroatoms. The third-order valence-electron chi connectivity index (χ3n) is 6.11. The first-order chi connectivity index (χ1) is 14.5. The van der Waals surface area contributed by atoms with Gasteiger partial charge in [-0.3, -0.25) is 9.59 Å². The van der Waals surface area contributed by atoms with Gasteiger partial charge in [0, 0.05) is 32.1 Å².